The van der Waals surface area contributed by atoms with Gasteiger partial charge in [-0.15, -0.1) is 0 Å². The second-order valence-electron chi connectivity index (χ2n) is 8.04. The Kier molecular flexibility index (Phi) is 7.25. The SMILES string of the molecule is COc1ccc(-c2cc(C(=O)NN=C(C)c3ccc(NC(C)=O)cc3)c3ccccc3n2)cc1OC. The molecule has 0 aliphatic rings. The lowest BCUT2D eigenvalue weighted by molar-refractivity contribution is -0.114. The molecular formula is C28H26N4O4. The molecule has 0 fully saturated rings. The number of ether oxygens (including phenoxy) is 2. The molecule has 0 saturated heterocycles. The number of nitrogens with one attached hydrogen (secondary N) is 2. The maximum absolute atomic E-state index is 13.2. The van der Waals surface area contributed by atoms with Crippen LogP contribution in [-0.2, 0) is 4.79 Å². The molecule has 0 aliphatic carbocycles. The second kappa shape index (κ2) is 10.7. The number of aromatic nitrogens is 1. The van der Waals surface area contributed by atoms with Crippen molar-refractivity contribution in [1.82, 2.24) is 10.4 Å². The zero-order valence-electron chi connectivity index (χ0n) is 20.5. The first-order valence-electron chi connectivity index (χ1n) is 11.2. The van der Waals surface area contributed by atoms with Gasteiger partial charge in [-0.3, -0.25) is 9.59 Å². The summed E-state index contributed by atoms with van der Waals surface area (Å²) in [5.41, 5.74) is 7.32. The van der Waals surface area contributed by atoms with Crippen LogP contribution in [0.5, 0.6) is 11.5 Å². The number of methoxy groups -OCH3 is 2. The normalized spacial score (nSPS) is 11.2. The number of rotatable bonds is 7. The molecule has 8 heteroatoms. The molecule has 2 amide bonds. The van der Waals surface area contributed by atoms with Crippen LogP contribution in [0.2, 0.25) is 0 Å². The third-order valence-corrected chi connectivity index (χ3v) is 5.59. The number of hydrogen-bond acceptors (Lipinski definition) is 6. The van der Waals surface area contributed by atoms with Gasteiger partial charge in [0, 0.05) is 23.6 Å². The molecule has 0 radical (unpaired) electrons. The molecule has 2 N–H and O–H groups in total. The molecule has 4 rings (SSSR count). The molecule has 8 nitrogen and oxygen atoms in total. The fourth-order valence-corrected chi connectivity index (χ4v) is 3.76. The van der Waals surface area contributed by atoms with Crippen LogP contribution in [0.25, 0.3) is 22.2 Å². The highest BCUT2D eigenvalue weighted by molar-refractivity contribution is 6.08. The number of amides is 2. The number of fused-ring (bicyclic) bond motifs is 1. The van der Waals surface area contributed by atoms with Crippen molar-refractivity contribution in [1.29, 1.82) is 0 Å². The summed E-state index contributed by atoms with van der Waals surface area (Å²) in [7, 11) is 3.15. The third-order valence-electron chi connectivity index (χ3n) is 5.59. The van der Waals surface area contributed by atoms with Crippen LogP contribution >= 0.6 is 0 Å². The van der Waals surface area contributed by atoms with Gasteiger partial charge in [-0.05, 0) is 55.0 Å². The van der Waals surface area contributed by atoms with Crippen LogP contribution in [0.15, 0.2) is 77.9 Å². The molecule has 182 valence electrons. The van der Waals surface area contributed by atoms with Crippen molar-refractivity contribution < 1.29 is 19.1 Å². The van der Waals surface area contributed by atoms with Gasteiger partial charge in [-0.25, -0.2) is 10.4 Å². The zero-order chi connectivity index (χ0) is 25.7. The smallest absolute Gasteiger partial charge is 0.272 e. The molecule has 3 aromatic carbocycles. The number of nitrogens with zero attached hydrogens (tertiary/aromatic N) is 2. The van der Waals surface area contributed by atoms with E-state index in [1.54, 1.807) is 45.4 Å². The van der Waals surface area contributed by atoms with Gasteiger partial charge < -0.3 is 14.8 Å². The molecule has 1 aromatic heterocycles. The lowest BCUT2D eigenvalue weighted by Crippen LogP contribution is -2.20. The van der Waals surface area contributed by atoms with E-state index in [1.807, 2.05) is 48.5 Å². The summed E-state index contributed by atoms with van der Waals surface area (Å²) >= 11 is 0. The average molecular weight is 483 g/mol. The third kappa shape index (κ3) is 5.33. The Morgan fingerprint density at radius 1 is 0.861 bits per heavy atom. The molecule has 0 unspecified atom stereocenters. The second-order valence-corrected chi connectivity index (χ2v) is 8.04. The molecule has 36 heavy (non-hydrogen) atoms. The van der Waals surface area contributed by atoms with Crippen LogP contribution < -0.4 is 20.2 Å². The molecule has 0 atom stereocenters. The fourth-order valence-electron chi connectivity index (χ4n) is 3.76. The van der Waals surface area contributed by atoms with E-state index in [2.05, 4.69) is 15.8 Å². The zero-order valence-corrected chi connectivity index (χ0v) is 20.5. The van der Waals surface area contributed by atoms with E-state index < -0.39 is 0 Å². The summed E-state index contributed by atoms with van der Waals surface area (Å²) in [6, 6.07) is 21.9. The number of carbonyl (C=O) groups excluding carboxylic acids is 2. The molecule has 4 aromatic rings. The highest BCUT2D eigenvalue weighted by Gasteiger charge is 2.15. The Labute approximate surface area is 209 Å². The Balaban J connectivity index is 1.65. The first-order chi connectivity index (χ1) is 17.4. The highest BCUT2D eigenvalue weighted by atomic mass is 16.5. The van der Waals surface area contributed by atoms with Gasteiger partial charge in [0.15, 0.2) is 11.5 Å². The molecule has 0 bridgehead atoms. The summed E-state index contributed by atoms with van der Waals surface area (Å²) < 4.78 is 10.8. The van der Waals surface area contributed by atoms with Crippen molar-refractivity contribution in [3.63, 3.8) is 0 Å². The van der Waals surface area contributed by atoms with Crippen LogP contribution in [0.1, 0.15) is 29.8 Å². The predicted octanol–water partition coefficient (Wildman–Crippen LogP) is 5.03. The first kappa shape index (κ1) is 24.4. The highest BCUT2D eigenvalue weighted by Crippen LogP contribution is 2.33. The van der Waals surface area contributed by atoms with Crippen molar-refractivity contribution in [2.45, 2.75) is 13.8 Å². The van der Waals surface area contributed by atoms with E-state index >= 15 is 0 Å². The topological polar surface area (TPSA) is 102 Å². The Bertz CT molecular complexity index is 1460. The van der Waals surface area contributed by atoms with Gasteiger partial charge in [0.1, 0.15) is 0 Å². The van der Waals surface area contributed by atoms with Crippen LogP contribution in [0.3, 0.4) is 0 Å². The largest absolute Gasteiger partial charge is 0.493 e. The maximum atomic E-state index is 13.2. The molecule has 1 heterocycles. The number of pyridine rings is 1. The van der Waals surface area contributed by atoms with Crippen LogP contribution in [0.4, 0.5) is 5.69 Å². The van der Waals surface area contributed by atoms with Gasteiger partial charge in [-0.1, -0.05) is 30.3 Å². The monoisotopic (exact) mass is 482 g/mol. The fraction of sp³-hybridized carbons (Fsp3) is 0.143. The van der Waals surface area contributed by atoms with E-state index in [4.69, 9.17) is 14.5 Å². The van der Waals surface area contributed by atoms with Gasteiger partial charge >= 0.3 is 0 Å². The molecular weight excluding hydrogens is 456 g/mol. The minimum absolute atomic E-state index is 0.141. The predicted molar refractivity (Wildman–Crippen MR) is 141 cm³/mol. The minimum atomic E-state index is -0.357. The molecule has 0 aliphatic heterocycles. The standard InChI is InChI=1S/C28H26N4O4/c1-17(19-9-12-21(13-10-19)29-18(2)33)31-32-28(34)23-16-25(30-24-8-6-5-7-22(23)24)20-11-14-26(35-3)27(15-20)36-4/h5-16H,1-4H3,(H,29,33)(H,32,34). The lowest BCUT2D eigenvalue weighted by Gasteiger charge is -2.12. The number of para-hydroxylation sites is 1. The number of hydrogen-bond donors (Lipinski definition) is 2. The Hall–Kier alpha value is -4.72. The first-order valence-corrected chi connectivity index (χ1v) is 11.2. The van der Waals surface area contributed by atoms with Crippen molar-refractivity contribution in [3.05, 3.63) is 83.9 Å². The van der Waals surface area contributed by atoms with Gasteiger partial charge in [0.05, 0.1) is 36.7 Å². The number of benzene rings is 3. The molecule has 0 saturated carbocycles. The van der Waals surface area contributed by atoms with Crippen molar-refractivity contribution in [2.24, 2.45) is 5.10 Å². The summed E-state index contributed by atoms with van der Waals surface area (Å²) in [6.07, 6.45) is 0. The number of carbonyl (C=O) groups is 2. The van der Waals surface area contributed by atoms with Crippen LogP contribution in [0, 0.1) is 0 Å². The Morgan fingerprint density at radius 2 is 1.58 bits per heavy atom. The van der Waals surface area contributed by atoms with Gasteiger partial charge in [0.2, 0.25) is 5.91 Å². The van der Waals surface area contributed by atoms with Gasteiger partial charge in [-0.2, -0.15) is 5.10 Å². The van der Waals surface area contributed by atoms with E-state index in [-0.39, 0.29) is 11.8 Å². The maximum Gasteiger partial charge on any atom is 0.272 e. The van der Waals surface area contributed by atoms with E-state index in [9.17, 15) is 9.59 Å². The van der Waals surface area contributed by atoms with Gasteiger partial charge in [0.25, 0.3) is 5.91 Å². The molecule has 0 spiro atoms. The van der Waals surface area contributed by atoms with Crippen molar-refractivity contribution in [3.8, 4) is 22.8 Å². The number of anilines is 1. The Morgan fingerprint density at radius 3 is 2.28 bits per heavy atom. The minimum Gasteiger partial charge on any atom is -0.493 e. The summed E-state index contributed by atoms with van der Waals surface area (Å²) in [5.74, 6) is 0.678. The van der Waals surface area contributed by atoms with E-state index in [0.717, 1.165) is 11.1 Å². The van der Waals surface area contributed by atoms with Crippen molar-refractivity contribution in [2.75, 3.05) is 19.5 Å². The van der Waals surface area contributed by atoms with Crippen molar-refractivity contribution >= 4 is 34.1 Å². The summed E-state index contributed by atoms with van der Waals surface area (Å²) in [5, 5.41) is 7.73. The summed E-state index contributed by atoms with van der Waals surface area (Å²) in [4.78, 5) is 29.2. The number of hydrazone groups is 1. The van der Waals surface area contributed by atoms with E-state index in [1.165, 1.54) is 6.92 Å². The average Bonchev–Trinajstić information content (AvgIpc) is 2.90. The van der Waals surface area contributed by atoms with E-state index in [0.29, 0.717) is 45.1 Å². The summed E-state index contributed by atoms with van der Waals surface area (Å²) in [6.45, 7) is 3.25. The lowest BCUT2D eigenvalue weighted by atomic mass is 10.0. The van der Waals surface area contributed by atoms with Crippen LogP contribution in [-0.4, -0.2) is 36.7 Å². The quantitative estimate of drug-likeness (QED) is 0.284.